The molecule has 0 spiro atoms. The van der Waals surface area contributed by atoms with Crippen LogP contribution in [-0.4, -0.2) is 273 Å². The monoisotopic (exact) mass is 1720 g/mol. The lowest BCUT2D eigenvalue weighted by atomic mass is 9.99. The Bertz CT molecular complexity index is 3700. The van der Waals surface area contributed by atoms with Crippen molar-refractivity contribution >= 4 is 120 Å². The Morgan fingerprint density at radius 1 is 0.412 bits per heavy atom. The van der Waals surface area contributed by atoms with Crippen LogP contribution in [0.5, 0.6) is 11.5 Å². The van der Waals surface area contributed by atoms with Gasteiger partial charge in [0.05, 0.1) is 18.6 Å². The topological polar surface area (TPSA) is 741 Å². The van der Waals surface area contributed by atoms with Crippen LogP contribution >= 0.6 is 25.3 Å². The van der Waals surface area contributed by atoms with Gasteiger partial charge in [-0.1, -0.05) is 52.0 Å². The van der Waals surface area contributed by atoms with Crippen molar-refractivity contribution in [2.24, 2.45) is 55.9 Å². The fourth-order valence-corrected chi connectivity index (χ4v) is 11.9. The highest BCUT2D eigenvalue weighted by Crippen LogP contribution is 2.21. The highest BCUT2D eigenvalue weighted by atomic mass is 32.1. The zero-order valence-corrected chi connectivity index (χ0v) is 70.2. The minimum Gasteiger partial charge on any atom is -0.508 e. The zero-order valence-electron chi connectivity index (χ0n) is 68.4. The van der Waals surface area contributed by atoms with Gasteiger partial charge in [-0.2, -0.15) is 25.3 Å². The molecule has 0 fully saturated rings. The molecule has 13 amide bonds. The van der Waals surface area contributed by atoms with Crippen LogP contribution < -0.4 is 120 Å². The fraction of sp³-hybridized carbons (Fsp3) is 0.622. The average Bonchev–Trinajstić information content (AvgIpc) is 0.835. The van der Waals surface area contributed by atoms with Crippen molar-refractivity contribution in [3.05, 3.63) is 59.7 Å². The molecule has 0 radical (unpaired) electrons. The van der Waals surface area contributed by atoms with Gasteiger partial charge in [-0.25, -0.2) is 4.79 Å². The third-order valence-corrected chi connectivity index (χ3v) is 18.7. The number of carboxylic acid groups (broad SMARTS) is 1. The number of aliphatic hydroxyl groups excluding tert-OH is 2. The summed E-state index contributed by atoms with van der Waals surface area (Å²) in [5, 5.41) is 87.4. The lowest BCUT2D eigenvalue weighted by Crippen LogP contribution is -2.64. The number of aliphatic carboxylic acids is 1. The first-order valence-electron chi connectivity index (χ1n) is 39.0. The van der Waals surface area contributed by atoms with Gasteiger partial charge in [0, 0.05) is 48.5 Å². The molecule has 0 aliphatic rings. The van der Waals surface area contributed by atoms with E-state index in [1.165, 1.54) is 69.3 Å². The van der Waals surface area contributed by atoms with Crippen LogP contribution in [0.2, 0.25) is 0 Å². The lowest BCUT2D eigenvalue weighted by molar-refractivity contribution is -0.142. The third kappa shape index (κ3) is 40.7. The first-order valence-corrected chi connectivity index (χ1v) is 40.0. The second-order valence-corrected chi connectivity index (χ2v) is 31.2. The minimum absolute atomic E-state index is 0.00176. The SMILES string of the molecule is CC(C)NCC[C@H](NC(=O)[C@H](CS)NC(=O)[C@H](CCCCN)NC(=O)[C@@H](CCN)NC(=O)[C@@H](NC(=O)[C@H](CCNC(C)C)NC(=O)[C@H](CCCN=C(N)N)NC(=O)[C@H](CC(N)=O)NC(=O)[C@@H](NC(=O)[C@H](Cc1ccc(O)cc1)NC(=O)[C@@H](N)[C@@H](C)O)C(C)(C)S)[C@@H](C)O)C(=O)N[C@@H](CCCN=C(N)N)C(=O)N[C@@H](Cc1ccc(O)cc1)C(=O)O. The summed E-state index contributed by atoms with van der Waals surface area (Å²) in [6.45, 7) is 12.3. The lowest BCUT2D eigenvalue weighted by Gasteiger charge is -2.33. The largest absolute Gasteiger partial charge is 0.508 e. The molecule has 0 saturated heterocycles. The van der Waals surface area contributed by atoms with Crippen LogP contribution in [0.4, 0.5) is 0 Å². The number of carbonyl (C=O) groups excluding carboxylic acids is 13. The number of rotatable bonds is 57. The number of nitrogens with zero attached hydrogens (tertiary/aromatic N) is 2. The molecular weight excluding hydrogens is 1590 g/mol. The van der Waals surface area contributed by atoms with Gasteiger partial charge in [0.15, 0.2) is 11.9 Å². The summed E-state index contributed by atoms with van der Waals surface area (Å²) >= 11 is 8.88. The van der Waals surface area contributed by atoms with Crippen molar-refractivity contribution in [2.45, 2.75) is 246 Å². The summed E-state index contributed by atoms with van der Waals surface area (Å²) in [5.41, 5.74) is 46.3. The van der Waals surface area contributed by atoms with Gasteiger partial charge in [0.25, 0.3) is 0 Å². The minimum atomic E-state index is -1.91. The van der Waals surface area contributed by atoms with E-state index in [1.54, 1.807) is 13.8 Å². The number of hydrogen-bond acceptors (Lipinski definition) is 27. The van der Waals surface area contributed by atoms with Gasteiger partial charge in [0.2, 0.25) is 76.8 Å². The maximum atomic E-state index is 14.7. The predicted molar refractivity (Wildman–Crippen MR) is 448 cm³/mol. The number of thiol groups is 2. The van der Waals surface area contributed by atoms with Gasteiger partial charge in [0.1, 0.15) is 90.0 Å². The van der Waals surface area contributed by atoms with E-state index >= 15 is 0 Å². The molecule has 0 saturated carbocycles. The molecule has 0 aromatic heterocycles. The molecule has 0 aliphatic heterocycles. The van der Waals surface area contributed by atoms with Crippen molar-refractivity contribution in [3.8, 4) is 11.5 Å². The summed E-state index contributed by atoms with van der Waals surface area (Å²) < 4.78 is -1.50. The molecule has 119 heavy (non-hydrogen) atoms. The van der Waals surface area contributed by atoms with Crippen LogP contribution in [0.25, 0.3) is 0 Å². The van der Waals surface area contributed by atoms with Gasteiger partial charge >= 0.3 is 5.97 Å². The van der Waals surface area contributed by atoms with E-state index in [2.05, 4.69) is 110 Å². The molecule has 45 heteroatoms. The number of benzene rings is 2. The van der Waals surface area contributed by atoms with Crippen molar-refractivity contribution in [3.63, 3.8) is 0 Å². The van der Waals surface area contributed by atoms with Gasteiger partial charge < -0.3 is 146 Å². The maximum Gasteiger partial charge on any atom is 0.326 e. The summed E-state index contributed by atoms with van der Waals surface area (Å²) in [6.07, 6.45) is -5.06. The van der Waals surface area contributed by atoms with Gasteiger partial charge in [-0.15, -0.1) is 0 Å². The van der Waals surface area contributed by atoms with Crippen molar-refractivity contribution < 1.29 is 92.7 Å². The Labute approximate surface area is 702 Å². The van der Waals surface area contributed by atoms with Gasteiger partial charge in [-0.05, 0) is 153 Å². The number of aromatic hydroxyl groups is 2. The Hall–Kier alpha value is -10.4. The number of aliphatic imine (C=N–C) groups is 2. The first kappa shape index (κ1) is 105. The highest BCUT2D eigenvalue weighted by molar-refractivity contribution is 7.81. The van der Waals surface area contributed by atoms with Gasteiger partial charge in [-0.3, -0.25) is 72.3 Å². The Balaban J connectivity index is 2.55. The Morgan fingerprint density at radius 3 is 1.13 bits per heavy atom. The van der Waals surface area contributed by atoms with Crippen molar-refractivity contribution in [1.82, 2.24) is 74.4 Å². The van der Waals surface area contributed by atoms with E-state index in [-0.39, 0.29) is 145 Å². The number of nitrogens with two attached hydrogens (primary N) is 8. The van der Waals surface area contributed by atoms with E-state index < -0.39 is 190 Å². The maximum absolute atomic E-state index is 14.7. The highest BCUT2D eigenvalue weighted by Gasteiger charge is 2.41. The molecular formula is C74H126N24O19S2. The average molecular weight is 1720 g/mol. The van der Waals surface area contributed by atoms with Crippen LogP contribution in [0.3, 0.4) is 0 Å². The number of amides is 13. The fourth-order valence-electron chi connectivity index (χ4n) is 11.4. The van der Waals surface area contributed by atoms with Crippen LogP contribution in [0.15, 0.2) is 58.5 Å². The molecule has 2 aromatic rings. The number of carbonyl (C=O) groups is 14. The molecule has 2 rings (SSSR count). The van der Waals surface area contributed by atoms with Crippen LogP contribution in [0, 0.1) is 0 Å². The number of aliphatic hydroxyl groups is 2. The smallest absolute Gasteiger partial charge is 0.326 e. The molecule has 2 aromatic carbocycles. The molecule has 15 atom stereocenters. The number of guanidine groups is 2. The molecule has 0 heterocycles. The predicted octanol–water partition coefficient (Wildman–Crippen LogP) is -8.25. The number of unbranched alkanes of at least 4 members (excludes halogenated alkanes) is 1. The van der Waals surface area contributed by atoms with E-state index in [4.69, 9.17) is 45.9 Å². The van der Waals surface area contributed by atoms with Crippen LogP contribution in [0.1, 0.15) is 137 Å². The normalized spacial score (nSPS) is 15.1. The van der Waals surface area contributed by atoms with E-state index in [1.807, 2.05) is 13.8 Å². The molecule has 43 nitrogen and oxygen atoms in total. The summed E-state index contributed by atoms with van der Waals surface area (Å²) in [7, 11) is 0. The summed E-state index contributed by atoms with van der Waals surface area (Å²) in [4.78, 5) is 204. The number of hydrogen-bond donors (Lipinski definition) is 29. The number of nitrogens with one attached hydrogen (secondary N) is 14. The number of primary amides is 1. The number of carboxylic acids is 1. The third-order valence-electron chi connectivity index (χ3n) is 18.1. The number of phenolic OH excluding ortho intramolecular Hbond substituents is 2. The van der Waals surface area contributed by atoms with E-state index in [0.717, 1.165) is 6.92 Å². The van der Waals surface area contributed by atoms with E-state index in [0.29, 0.717) is 17.5 Å². The number of phenols is 2. The zero-order chi connectivity index (χ0) is 90.0. The second kappa shape index (κ2) is 53.9. The van der Waals surface area contributed by atoms with Crippen LogP contribution in [-0.2, 0) is 80.0 Å². The first-order chi connectivity index (χ1) is 55.8. The standard InChI is InChI=1S/C74H126N24O19S2/c1-37(2)83-31-25-49(63(108)88-47(15-12-30-86-73(81)82)60(105)95-53(71(116)117)34-42-18-22-44(102)23-19-42)91-67(112)54(36-118)96-61(106)45(13-9-10-27-75)87-62(107)48(24-28-76)92-69(114)57(40(6)100)97-64(109)50(26-32-84-38(3)4)90-59(104)46(14-11-29-85-72(79)80)89-65(110)52(35-55(77)103)94-70(115)58(74(7,8)119)98-66(111)51(93-68(113)56(78)39(5)99)33-41-16-20-43(101)21-17-41/h16-23,37-40,45-54,56-58,83-84,99-102,118-119H,9-15,24-36,75-76,78H2,1-8H3,(H2,77,103)(H,87,107)(H,88,108)(H,89,110)(H,90,104)(H,91,112)(H,92,114)(H,93,113)(H,94,115)(H,95,105)(H,96,106)(H,97,109)(H,98,111)(H,116,117)(H4,79,80,85)(H4,81,82,86)/t39-,40-,45+,46+,47+,48-,49+,50+,51+,52+,53+,54+,56+,57+,58-/m1/s1. The van der Waals surface area contributed by atoms with E-state index in [9.17, 15) is 92.7 Å². The Kier molecular flexibility index (Phi) is 47.4. The quantitative estimate of drug-likeness (QED) is 0.0127. The second-order valence-electron chi connectivity index (χ2n) is 29.7. The molecule has 35 N–H and O–H groups in total. The summed E-state index contributed by atoms with van der Waals surface area (Å²) in [6, 6.07) is -9.90. The van der Waals surface area contributed by atoms with Crippen molar-refractivity contribution in [1.29, 1.82) is 0 Å². The van der Waals surface area contributed by atoms with Crippen molar-refractivity contribution in [2.75, 3.05) is 45.0 Å². The molecule has 668 valence electrons. The molecule has 0 bridgehead atoms. The Morgan fingerprint density at radius 2 is 0.756 bits per heavy atom. The molecule has 0 unspecified atom stereocenters. The molecule has 0 aliphatic carbocycles. The summed E-state index contributed by atoms with van der Waals surface area (Å²) in [5.74, 6) is -16.1.